The molecule has 0 saturated heterocycles. The largest absolute Gasteiger partial charge is 0.310 e. The third kappa shape index (κ3) is 3.10. The number of hydrogen-bond donors (Lipinski definition) is 1. The summed E-state index contributed by atoms with van der Waals surface area (Å²) in [5.41, 5.74) is 1.62. The highest BCUT2D eigenvalue weighted by atomic mass is 127. The van der Waals surface area contributed by atoms with Crippen LogP contribution in [0.3, 0.4) is 0 Å². The van der Waals surface area contributed by atoms with E-state index in [-0.39, 0.29) is 0 Å². The summed E-state index contributed by atoms with van der Waals surface area (Å²) in [4.78, 5) is 1.65. The molecule has 0 amide bonds. The Hall–Kier alpha value is 0.390. The zero-order chi connectivity index (χ0) is 12.4. The highest BCUT2D eigenvalue weighted by Crippen LogP contribution is 2.36. The second kappa shape index (κ2) is 6.23. The number of fused-ring (bicyclic) bond motifs is 1. The van der Waals surface area contributed by atoms with Crippen molar-refractivity contribution >= 4 is 33.9 Å². The minimum absolute atomic E-state index is 0.649. The predicted molar refractivity (Wildman–Crippen MR) is 87.3 cm³/mol. The van der Waals surface area contributed by atoms with Gasteiger partial charge in [-0.1, -0.05) is 19.3 Å². The van der Waals surface area contributed by atoms with Gasteiger partial charge in [-0.05, 0) is 78.8 Å². The van der Waals surface area contributed by atoms with Crippen LogP contribution in [-0.4, -0.2) is 6.54 Å². The van der Waals surface area contributed by atoms with E-state index in [0.29, 0.717) is 6.04 Å². The van der Waals surface area contributed by atoms with Crippen molar-refractivity contribution < 1.29 is 0 Å². The van der Waals surface area contributed by atoms with Crippen LogP contribution in [0, 0.1) is 8.80 Å². The topological polar surface area (TPSA) is 12.0 Å². The van der Waals surface area contributed by atoms with E-state index in [1.807, 2.05) is 11.3 Å². The monoisotopic (exact) mass is 375 g/mol. The van der Waals surface area contributed by atoms with E-state index in [2.05, 4.69) is 34.0 Å². The number of thiophene rings is 1. The van der Waals surface area contributed by atoms with Crippen molar-refractivity contribution in [1.82, 2.24) is 5.32 Å². The lowest BCUT2D eigenvalue weighted by atomic mass is 9.88. The summed E-state index contributed by atoms with van der Waals surface area (Å²) in [6.45, 7) is 1.25. The maximum atomic E-state index is 3.86. The zero-order valence-corrected chi connectivity index (χ0v) is 13.9. The van der Waals surface area contributed by atoms with Gasteiger partial charge in [-0.25, -0.2) is 0 Å². The van der Waals surface area contributed by atoms with E-state index in [0.717, 1.165) is 5.92 Å². The van der Waals surface area contributed by atoms with Gasteiger partial charge in [-0.15, -0.1) is 11.3 Å². The van der Waals surface area contributed by atoms with Crippen LogP contribution < -0.4 is 5.32 Å². The van der Waals surface area contributed by atoms with Crippen molar-refractivity contribution in [3.8, 4) is 0 Å². The molecule has 1 aromatic rings. The van der Waals surface area contributed by atoms with E-state index in [1.165, 1.54) is 60.8 Å². The minimum atomic E-state index is 0.649. The van der Waals surface area contributed by atoms with Gasteiger partial charge in [0.15, 0.2) is 0 Å². The molecule has 2 aliphatic rings. The van der Waals surface area contributed by atoms with Gasteiger partial charge >= 0.3 is 0 Å². The molecule has 0 radical (unpaired) electrons. The van der Waals surface area contributed by atoms with Crippen LogP contribution in [0.25, 0.3) is 0 Å². The second-order valence-electron chi connectivity index (χ2n) is 5.79. The Labute approximate surface area is 128 Å². The standard InChI is InChI=1S/C15H22INS/c16-15-9-12-13(7-4-8-14(12)18-15)17-10-11-5-2-1-3-6-11/h9,11,13,17H,1-8,10H2. The van der Waals surface area contributed by atoms with E-state index in [9.17, 15) is 0 Å². The molecule has 1 unspecified atom stereocenters. The molecule has 0 aromatic carbocycles. The molecule has 3 heteroatoms. The molecule has 1 fully saturated rings. The molecule has 0 bridgehead atoms. The lowest BCUT2D eigenvalue weighted by molar-refractivity contribution is 0.320. The molecule has 1 nitrogen and oxygen atoms in total. The quantitative estimate of drug-likeness (QED) is 0.741. The zero-order valence-electron chi connectivity index (χ0n) is 10.9. The van der Waals surface area contributed by atoms with Crippen LogP contribution in [0.1, 0.15) is 61.4 Å². The van der Waals surface area contributed by atoms with Crippen LogP contribution in [0.2, 0.25) is 0 Å². The highest BCUT2D eigenvalue weighted by Gasteiger charge is 2.23. The van der Waals surface area contributed by atoms with Gasteiger partial charge in [-0.3, -0.25) is 0 Å². The lowest BCUT2D eigenvalue weighted by Crippen LogP contribution is -2.30. The fourth-order valence-electron chi connectivity index (χ4n) is 3.43. The van der Waals surface area contributed by atoms with Crippen LogP contribution in [0.4, 0.5) is 0 Å². The molecule has 0 spiro atoms. The van der Waals surface area contributed by atoms with Crippen molar-refractivity contribution in [3.05, 3.63) is 19.4 Å². The number of halogens is 1. The molecule has 1 N–H and O–H groups in total. The van der Waals surface area contributed by atoms with Gasteiger partial charge in [0, 0.05) is 10.9 Å². The first kappa shape index (κ1) is 13.4. The number of hydrogen-bond acceptors (Lipinski definition) is 2. The van der Waals surface area contributed by atoms with E-state index >= 15 is 0 Å². The van der Waals surface area contributed by atoms with Gasteiger partial charge in [0.05, 0.1) is 2.88 Å². The number of nitrogens with one attached hydrogen (secondary N) is 1. The summed E-state index contributed by atoms with van der Waals surface area (Å²) in [5, 5.41) is 3.86. The summed E-state index contributed by atoms with van der Waals surface area (Å²) in [7, 11) is 0. The van der Waals surface area contributed by atoms with E-state index < -0.39 is 0 Å². The Balaban J connectivity index is 1.59. The van der Waals surface area contributed by atoms with Crippen molar-refractivity contribution in [1.29, 1.82) is 0 Å². The van der Waals surface area contributed by atoms with Crippen LogP contribution >= 0.6 is 33.9 Å². The van der Waals surface area contributed by atoms with Gasteiger partial charge in [0.25, 0.3) is 0 Å². The summed E-state index contributed by atoms with van der Waals surface area (Å²) < 4.78 is 1.46. The Morgan fingerprint density at radius 1 is 1.17 bits per heavy atom. The smallest absolute Gasteiger partial charge is 0.0659 e. The summed E-state index contributed by atoms with van der Waals surface area (Å²) in [6.07, 6.45) is 11.3. The van der Waals surface area contributed by atoms with Crippen LogP contribution in [0.15, 0.2) is 6.07 Å². The molecular weight excluding hydrogens is 353 g/mol. The van der Waals surface area contributed by atoms with E-state index in [4.69, 9.17) is 0 Å². The first-order valence-corrected chi connectivity index (χ1v) is 9.24. The maximum absolute atomic E-state index is 3.86. The number of aryl methyl sites for hydroxylation is 1. The van der Waals surface area contributed by atoms with Crippen molar-refractivity contribution in [2.24, 2.45) is 5.92 Å². The predicted octanol–water partition coefficient (Wildman–Crippen LogP) is 4.90. The molecule has 1 atom stereocenters. The first-order chi connectivity index (χ1) is 8.83. The molecule has 1 saturated carbocycles. The molecule has 3 rings (SSSR count). The minimum Gasteiger partial charge on any atom is -0.310 e. The molecule has 2 aliphatic carbocycles. The van der Waals surface area contributed by atoms with Gasteiger partial charge in [0.2, 0.25) is 0 Å². The van der Waals surface area contributed by atoms with Gasteiger partial charge in [-0.2, -0.15) is 0 Å². The fraction of sp³-hybridized carbons (Fsp3) is 0.733. The third-order valence-corrected chi connectivity index (χ3v) is 6.43. The Kier molecular flexibility index (Phi) is 4.63. The average Bonchev–Trinajstić information content (AvgIpc) is 2.78. The summed E-state index contributed by atoms with van der Waals surface area (Å²) in [5.74, 6) is 0.946. The molecule has 1 heterocycles. The van der Waals surface area contributed by atoms with Crippen molar-refractivity contribution in [2.45, 2.75) is 57.4 Å². The summed E-state index contributed by atoms with van der Waals surface area (Å²) in [6, 6.07) is 3.06. The number of rotatable bonds is 3. The fourth-order valence-corrected chi connectivity index (χ4v) is 5.55. The van der Waals surface area contributed by atoms with E-state index in [1.54, 1.807) is 10.4 Å². The van der Waals surface area contributed by atoms with Crippen LogP contribution in [-0.2, 0) is 6.42 Å². The first-order valence-electron chi connectivity index (χ1n) is 7.34. The van der Waals surface area contributed by atoms with Gasteiger partial charge < -0.3 is 5.32 Å². The molecular formula is C15H22INS. The average molecular weight is 375 g/mol. The van der Waals surface area contributed by atoms with Crippen LogP contribution in [0.5, 0.6) is 0 Å². The highest BCUT2D eigenvalue weighted by molar-refractivity contribution is 14.1. The third-order valence-electron chi connectivity index (χ3n) is 4.46. The summed E-state index contributed by atoms with van der Waals surface area (Å²) >= 11 is 4.48. The SMILES string of the molecule is Ic1cc2c(s1)CCCC2NCC1CCCCC1. The molecule has 18 heavy (non-hydrogen) atoms. The lowest BCUT2D eigenvalue weighted by Gasteiger charge is -2.28. The molecule has 1 aromatic heterocycles. The Morgan fingerprint density at radius 3 is 2.83 bits per heavy atom. The molecule has 100 valence electrons. The normalized spacial score (nSPS) is 25.1. The van der Waals surface area contributed by atoms with Crippen molar-refractivity contribution in [3.63, 3.8) is 0 Å². The van der Waals surface area contributed by atoms with Crippen molar-refractivity contribution in [2.75, 3.05) is 6.54 Å². The Morgan fingerprint density at radius 2 is 2.00 bits per heavy atom. The maximum Gasteiger partial charge on any atom is 0.0659 e. The Bertz CT molecular complexity index is 395. The van der Waals surface area contributed by atoms with Gasteiger partial charge in [0.1, 0.15) is 0 Å². The second-order valence-corrected chi connectivity index (χ2v) is 8.82. The molecule has 0 aliphatic heterocycles.